The monoisotopic (exact) mass is 450 g/mol. The summed E-state index contributed by atoms with van der Waals surface area (Å²) in [5, 5.41) is 14.3. The van der Waals surface area contributed by atoms with Crippen molar-refractivity contribution >= 4 is 17.6 Å². The third-order valence-corrected chi connectivity index (χ3v) is 5.13. The molecule has 0 unspecified atom stereocenters. The highest BCUT2D eigenvalue weighted by Gasteiger charge is 2.27. The number of nitro groups is 1. The van der Waals surface area contributed by atoms with Crippen LogP contribution < -0.4 is 5.32 Å². The third-order valence-electron chi connectivity index (χ3n) is 5.13. The van der Waals surface area contributed by atoms with Gasteiger partial charge in [0.05, 0.1) is 10.5 Å². The number of benzene rings is 2. The van der Waals surface area contributed by atoms with Crippen LogP contribution in [0.1, 0.15) is 54.1 Å². The van der Waals surface area contributed by atoms with Crippen LogP contribution in [0.15, 0.2) is 60.9 Å². The fourth-order valence-electron chi connectivity index (χ4n) is 3.46. The summed E-state index contributed by atoms with van der Waals surface area (Å²) in [6.07, 6.45) is 3.40. The topological polar surface area (TPSA) is 116 Å². The van der Waals surface area contributed by atoms with Gasteiger partial charge in [-0.1, -0.05) is 57.2 Å². The SMILES string of the molecule is Cn1ccnc1[C@H](NC(=O)COC(=O)c1ccc(C(C)(C)C)c([N+](=O)[O-])c1)c1ccccc1. The molecule has 1 atom stereocenters. The number of hydrogen-bond donors (Lipinski definition) is 1. The van der Waals surface area contributed by atoms with Crippen molar-refractivity contribution in [1.82, 2.24) is 14.9 Å². The average Bonchev–Trinajstić information content (AvgIpc) is 3.20. The van der Waals surface area contributed by atoms with E-state index in [1.165, 1.54) is 12.1 Å². The van der Waals surface area contributed by atoms with Gasteiger partial charge in [-0.15, -0.1) is 0 Å². The summed E-state index contributed by atoms with van der Waals surface area (Å²) in [6.45, 7) is 5.01. The normalized spacial score (nSPS) is 12.1. The Hall–Kier alpha value is -4.01. The van der Waals surface area contributed by atoms with Crippen LogP contribution in [0.25, 0.3) is 0 Å². The number of aromatic nitrogens is 2. The van der Waals surface area contributed by atoms with Crippen LogP contribution in [0.3, 0.4) is 0 Å². The number of amides is 1. The highest BCUT2D eigenvalue weighted by atomic mass is 16.6. The van der Waals surface area contributed by atoms with E-state index in [9.17, 15) is 19.7 Å². The Labute approximate surface area is 191 Å². The Morgan fingerprint density at radius 2 is 1.88 bits per heavy atom. The lowest BCUT2D eigenvalue weighted by Gasteiger charge is -2.19. The second-order valence-electron chi connectivity index (χ2n) is 8.62. The number of esters is 1. The van der Waals surface area contributed by atoms with E-state index < -0.39 is 34.9 Å². The number of rotatable bonds is 7. The molecular weight excluding hydrogens is 424 g/mol. The Morgan fingerprint density at radius 1 is 1.18 bits per heavy atom. The van der Waals surface area contributed by atoms with Crippen LogP contribution in [-0.2, 0) is 22.0 Å². The summed E-state index contributed by atoms with van der Waals surface area (Å²) in [5.74, 6) is -0.725. The molecule has 9 heteroatoms. The van der Waals surface area contributed by atoms with Gasteiger partial charge >= 0.3 is 5.97 Å². The minimum Gasteiger partial charge on any atom is -0.452 e. The van der Waals surface area contributed by atoms with E-state index in [2.05, 4.69) is 10.3 Å². The summed E-state index contributed by atoms with van der Waals surface area (Å²) in [6, 6.07) is 13.0. The van der Waals surface area contributed by atoms with Gasteiger partial charge in [0, 0.05) is 31.1 Å². The number of aryl methyl sites for hydroxylation is 1. The lowest BCUT2D eigenvalue weighted by molar-refractivity contribution is -0.386. The average molecular weight is 450 g/mol. The Kier molecular flexibility index (Phi) is 6.91. The lowest BCUT2D eigenvalue weighted by Crippen LogP contribution is -2.34. The summed E-state index contributed by atoms with van der Waals surface area (Å²) < 4.78 is 6.93. The van der Waals surface area contributed by atoms with Gasteiger partial charge in [0.15, 0.2) is 6.61 Å². The van der Waals surface area contributed by atoms with Crippen molar-refractivity contribution in [2.24, 2.45) is 7.05 Å². The predicted octanol–water partition coefficient (Wildman–Crippen LogP) is 3.69. The maximum absolute atomic E-state index is 12.6. The molecule has 3 rings (SSSR count). The zero-order chi connectivity index (χ0) is 24.2. The van der Waals surface area contributed by atoms with Gasteiger partial charge < -0.3 is 14.6 Å². The number of nitrogens with one attached hydrogen (secondary N) is 1. The molecule has 2 aromatic carbocycles. The molecule has 1 amide bonds. The van der Waals surface area contributed by atoms with E-state index in [-0.39, 0.29) is 11.3 Å². The smallest absolute Gasteiger partial charge is 0.338 e. The summed E-state index contributed by atoms with van der Waals surface area (Å²) in [4.78, 5) is 40.4. The molecule has 0 bridgehead atoms. The second kappa shape index (κ2) is 9.64. The van der Waals surface area contributed by atoms with E-state index >= 15 is 0 Å². The predicted molar refractivity (Wildman–Crippen MR) is 122 cm³/mol. The van der Waals surface area contributed by atoms with Gasteiger partial charge in [0.2, 0.25) is 0 Å². The van der Waals surface area contributed by atoms with Gasteiger partial charge in [-0.2, -0.15) is 0 Å². The van der Waals surface area contributed by atoms with Crippen molar-refractivity contribution in [3.05, 3.63) is 93.6 Å². The van der Waals surface area contributed by atoms with Crippen molar-refractivity contribution in [3.63, 3.8) is 0 Å². The molecule has 0 aliphatic rings. The summed E-state index contributed by atoms with van der Waals surface area (Å²) in [7, 11) is 1.82. The van der Waals surface area contributed by atoms with Crippen LogP contribution in [0.4, 0.5) is 5.69 Å². The molecule has 33 heavy (non-hydrogen) atoms. The molecule has 1 N–H and O–H groups in total. The molecule has 9 nitrogen and oxygen atoms in total. The Bertz CT molecular complexity index is 1170. The van der Waals surface area contributed by atoms with Crippen LogP contribution in [0.5, 0.6) is 0 Å². The van der Waals surface area contributed by atoms with Crippen molar-refractivity contribution in [2.75, 3.05) is 6.61 Å². The van der Waals surface area contributed by atoms with Crippen LogP contribution in [-0.4, -0.2) is 33.0 Å². The first-order chi connectivity index (χ1) is 15.6. The van der Waals surface area contributed by atoms with Gasteiger partial charge in [0.25, 0.3) is 11.6 Å². The molecule has 0 spiro atoms. The summed E-state index contributed by atoms with van der Waals surface area (Å²) in [5.41, 5.74) is 0.691. The van der Waals surface area contributed by atoms with Crippen LogP contribution in [0, 0.1) is 10.1 Å². The first-order valence-corrected chi connectivity index (χ1v) is 10.4. The molecule has 1 aromatic heterocycles. The van der Waals surface area contributed by atoms with Crippen molar-refractivity contribution in [3.8, 4) is 0 Å². The van der Waals surface area contributed by atoms with Gasteiger partial charge in [0.1, 0.15) is 11.9 Å². The Morgan fingerprint density at radius 3 is 2.45 bits per heavy atom. The molecule has 0 aliphatic carbocycles. The molecular formula is C24H26N4O5. The molecule has 1 heterocycles. The number of hydrogen-bond acceptors (Lipinski definition) is 6. The first-order valence-electron chi connectivity index (χ1n) is 10.4. The molecule has 0 aliphatic heterocycles. The fraction of sp³-hybridized carbons (Fsp3) is 0.292. The highest BCUT2D eigenvalue weighted by molar-refractivity contribution is 5.92. The van der Waals surface area contributed by atoms with Crippen LogP contribution >= 0.6 is 0 Å². The summed E-state index contributed by atoms with van der Waals surface area (Å²) >= 11 is 0. The number of carbonyl (C=O) groups excluding carboxylic acids is 2. The highest BCUT2D eigenvalue weighted by Crippen LogP contribution is 2.32. The molecule has 0 radical (unpaired) electrons. The van der Waals surface area contributed by atoms with Gasteiger partial charge in [-0.25, -0.2) is 9.78 Å². The molecule has 0 saturated heterocycles. The van der Waals surface area contributed by atoms with E-state index in [0.717, 1.165) is 5.56 Å². The minimum absolute atomic E-state index is 0.00575. The first kappa shape index (κ1) is 23.6. The number of carbonyl (C=O) groups is 2. The molecule has 0 saturated carbocycles. The number of imidazole rings is 1. The van der Waals surface area contributed by atoms with Gasteiger partial charge in [-0.05, 0) is 17.0 Å². The zero-order valence-corrected chi connectivity index (χ0v) is 18.9. The quantitative estimate of drug-likeness (QED) is 0.333. The van der Waals surface area contributed by atoms with E-state index in [4.69, 9.17) is 4.74 Å². The largest absolute Gasteiger partial charge is 0.452 e. The molecule has 172 valence electrons. The van der Waals surface area contributed by atoms with Crippen molar-refractivity contribution in [1.29, 1.82) is 0 Å². The second-order valence-corrected chi connectivity index (χ2v) is 8.62. The lowest BCUT2D eigenvalue weighted by atomic mass is 9.85. The third kappa shape index (κ3) is 5.62. The maximum atomic E-state index is 12.6. The number of ether oxygens (including phenoxy) is 1. The molecule has 3 aromatic rings. The van der Waals surface area contributed by atoms with Crippen molar-refractivity contribution < 1.29 is 19.2 Å². The van der Waals surface area contributed by atoms with E-state index in [1.54, 1.807) is 23.0 Å². The van der Waals surface area contributed by atoms with Crippen LogP contribution in [0.2, 0.25) is 0 Å². The maximum Gasteiger partial charge on any atom is 0.338 e. The van der Waals surface area contributed by atoms with E-state index in [1.807, 2.05) is 58.2 Å². The number of nitro benzene ring substituents is 1. The zero-order valence-electron chi connectivity index (χ0n) is 18.9. The molecule has 0 fully saturated rings. The number of nitrogens with zero attached hydrogens (tertiary/aromatic N) is 3. The minimum atomic E-state index is -0.818. The van der Waals surface area contributed by atoms with Crippen molar-refractivity contribution in [2.45, 2.75) is 32.2 Å². The fourth-order valence-corrected chi connectivity index (χ4v) is 3.46. The van der Waals surface area contributed by atoms with E-state index in [0.29, 0.717) is 11.4 Å². The standard InChI is InChI=1S/C24H26N4O5/c1-24(2,3)18-11-10-17(14-19(18)28(31)32)23(30)33-15-20(29)26-21(16-8-6-5-7-9-16)22-25-12-13-27(22)4/h5-14,21H,15H2,1-4H3,(H,26,29)/t21-/m1/s1. The van der Waals surface area contributed by atoms with Gasteiger partial charge in [-0.3, -0.25) is 14.9 Å². The Balaban J connectivity index is 1.72.